The number of benzene rings is 1. The molecule has 2 heterocycles. The molecule has 20 heavy (non-hydrogen) atoms. The number of aryl methyl sites for hydroxylation is 2. The van der Waals surface area contributed by atoms with E-state index in [1.54, 1.807) is 6.07 Å². The first-order chi connectivity index (χ1) is 9.66. The lowest BCUT2D eigenvalue weighted by Gasteiger charge is -2.24. The first-order valence-electron chi connectivity index (χ1n) is 7.10. The molecule has 1 atom stereocenters. The van der Waals surface area contributed by atoms with Gasteiger partial charge in [0.15, 0.2) is 0 Å². The van der Waals surface area contributed by atoms with Crippen LogP contribution in [0.25, 0.3) is 0 Å². The molecule has 2 aromatic rings. The molecule has 1 saturated heterocycles. The van der Waals surface area contributed by atoms with Crippen LogP contribution in [0.1, 0.15) is 41.5 Å². The highest BCUT2D eigenvalue weighted by molar-refractivity contribution is 5.32. The predicted molar refractivity (Wildman–Crippen MR) is 76.5 cm³/mol. The summed E-state index contributed by atoms with van der Waals surface area (Å²) in [7, 11) is 0. The fraction of sp³-hybridized carbons (Fsp3) is 0.438. The Morgan fingerprint density at radius 3 is 2.85 bits per heavy atom. The lowest BCUT2D eigenvalue weighted by molar-refractivity contribution is 0.242. The molecule has 3 rings (SSSR count). The monoisotopic (exact) mass is 272 g/mol. The van der Waals surface area contributed by atoms with Crippen molar-refractivity contribution in [3.05, 3.63) is 46.8 Å². The molecule has 1 aliphatic rings. The highest BCUT2D eigenvalue weighted by Crippen LogP contribution is 2.37. The molecule has 1 aromatic heterocycles. The molecular weight excluding hydrogens is 252 g/mol. The van der Waals surface area contributed by atoms with Gasteiger partial charge >= 0.3 is 0 Å². The van der Waals surface area contributed by atoms with E-state index in [1.807, 2.05) is 32.0 Å². The number of hydrogen-bond acceptors (Lipinski definition) is 4. The number of phenolic OH excluding ortho intramolecular Hbond substituents is 1. The molecule has 0 spiro atoms. The summed E-state index contributed by atoms with van der Waals surface area (Å²) in [5, 5.41) is 14.0. The SMILES string of the molecule is Cc1noc(C)c1[C@@H]1CCCN1Cc1ccccc1O. The number of rotatable bonds is 3. The van der Waals surface area contributed by atoms with E-state index in [-0.39, 0.29) is 0 Å². The Bertz CT molecular complexity index is 587. The third-order valence-corrected chi connectivity index (χ3v) is 4.15. The Labute approximate surface area is 119 Å². The van der Waals surface area contributed by atoms with E-state index in [0.717, 1.165) is 36.5 Å². The van der Waals surface area contributed by atoms with Crippen LogP contribution in [0.4, 0.5) is 0 Å². The van der Waals surface area contributed by atoms with Gasteiger partial charge in [0.2, 0.25) is 0 Å². The molecule has 4 heteroatoms. The number of aromatic nitrogens is 1. The van der Waals surface area contributed by atoms with Gasteiger partial charge in [0.1, 0.15) is 11.5 Å². The first kappa shape index (κ1) is 13.2. The van der Waals surface area contributed by atoms with Crippen LogP contribution in [0, 0.1) is 13.8 Å². The van der Waals surface area contributed by atoms with Gasteiger partial charge in [0.05, 0.1) is 5.69 Å². The van der Waals surface area contributed by atoms with Crippen LogP contribution in [-0.2, 0) is 6.54 Å². The Morgan fingerprint density at radius 1 is 1.35 bits per heavy atom. The molecule has 4 nitrogen and oxygen atoms in total. The molecule has 106 valence electrons. The highest BCUT2D eigenvalue weighted by Gasteiger charge is 2.30. The fourth-order valence-corrected chi connectivity index (χ4v) is 3.17. The maximum atomic E-state index is 9.94. The maximum Gasteiger partial charge on any atom is 0.138 e. The quantitative estimate of drug-likeness (QED) is 0.931. The number of para-hydroxylation sites is 1. The van der Waals surface area contributed by atoms with Crippen molar-refractivity contribution in [3.8, 4) is 5.75 Å². The van der Waals surface area contributed by atoms with Gasteiger partial charge in [0.25, 0.3) is 0 Å². The molecule has 1 aromatic carbocycles. The van der Waals surface area contributed by atoms with Gasteiger partial charge in [-0.1, -0.05) is 23.4 Å². The van der Waals surface area contributed by atoms with Gasteiger partial charge < -0.3 is 9.63 Å². The van der Waals surface area contributed by atoms with Crippen molar-refractivity contribution in [1.29, 1.82) is 0 Å². The zero-order chi connectivity index (χ0) is 14.1. The molecule has 1 fully saturated rings. The topological polar surface area (TPSA) is 49.5 Å². The van der Waals surface area contributed by atoms with E-state index in [9.17, 15) is 5.11 Å². The maximum absolute atomic E-state index is 9.94. The van der Waals surface area contributed by atoms with Crippen molar-refractivity contribution < 1.29 is 9.63 Å². The largest absolute Gasteiger partial charge is 0.508 e. The van der Waals surface area contributed by atoms with E-state index in [4.69, 9.17) is 4.52 Å². The molecule has 0 radical (unpaired) electrons. The van der Waals surface area contributed by atoms with Crippen LogP contribution >= 0.6 is 0 Å². The molecule has 1 N–H and O–H groups in total. The lowest BCUT2D eigenvalue weighted by Crippen LogP contribution is -2.23. The minimum atomic E-state index is 0.348. The fourth-order valence-electron chi connectivity index (χ4n) is 3.17. The summed E-state index contributed by atoms with van der Waals surface area (Å²) in [6.07, 6.45) is 2.29. The summed E-state index contributed by atoms with van der Waals surface area (Å²) < 4.78 is 5.30. The summed E-state index contributed by atoms with van der Waals surface area (Å²) >= 11 is 0. The smallest absolute Gasteiger partial charge is 0.138 e. The van der Waals surface area contributed by atoms with Crippen molar-refractivity contribution in [2.24, 2.45) is 0 Å². The standard InChI is InChI=1S/C16H20N2O2/c1-11-16(12(2)20-17-11)14-7-5-9-18(14)10-13-6-3-4-8-15(13)19/h3-4,6,8,14,19H,5,7,9-10H2,1-2H3/t14-/m0/s1. The summed E-state index contributed by atoms with van der Waals surface area (Å²) in [6.45, 7) is 5.79. The number of nitrogens with zero attached hydrogens (tertiary/aromatic N) is 2. The summed E-state index contributed by atoms with van der Waals surface area (Å²) in [5.74, 6) is 1.29. The normalized spacial score (nSPS) is 19.6. The third kappa shape index (κ3) is 2.31. The average Bonchev–Trinajstić information content (AvgIpc) is 2.99. The van der Waals surface area contributed by atoms with Crippen molar-refractivity contribution in [3.63, 3.8) is 0 Å². The van der Waals surface area contributed by atoms with Crippen molar-refractivity contribution in [1.82, 2.24) is 10.1 Å². The van der Waals surface area contributed by atoms with Crippen LogP contribution in [0.2, 0.25) is 0 Å². The summed E-state index contributed by atoms with van der Waals surface area (Å²) in [5.41, 5.74) is 3.18. The molecule has 0 bridgehead atoms. The van der Waals surface area contributed by atoms with Crippen LogP contribution in [0.5, 0.6) is 5.75 Å². The Morgan fingerprint density at radius 2 is 2.15 bits per heavy atom. The summed E-state index contributed by atoms with van der Waals surface area (Å²) in [4.78, 5) is 2.40. The van der Waals surface area contributed by atoms with Gasteiger partial charge in [-0.15, -0.1) is 0 Å². The third-order valence-electron chi connectivity index (χ3n) is 4.15. The Kier molecular flexibility index (Phi) is 3.49. The van der Waals surface area contributed by atoms with E-state index in [1.165, 1.54) is 12.0 Å². The van der Waals surface area contributed by atoms with Gasteiger partial charge in [0, 0.05) is 23.7 Å². The minimum absolute atomic E-state index is 0.348. The van der Waals surface area contributed by atoms with E-state index < -0.39 is 0 Å². The van der Waals surface area contributed by atoms with Gasteiger partial charge in [-0.25, -0.2) is 0 Å². The number of hydrogen-bond donors (Lipinski definition) is 1. The zero-order valence-electron chi connectivity index (χ0n) is 12.0. The minimum Gasteiger partial charge on any atom is -0.508 e. The van der Waals surface area contributed by atoms with Crippen molar-refractivity contribution in [2.75, 3.05) is 6.54 Å². The second-order valence-electron chi connectivity index (χ2n) is 5.50. The summed E-state index contributed by atoms with van der Waals surface area (Å²) in [6, 6.07) is 7.90. The number of aromatic hydroxyl groups is 1. The Balaban J connectivity index is 1.85. The first-order valence-corrected chi connectivity index (χ1v) is 7.10. The molecule has 0 aliphatic carbocycles. The zero-order valence-corrected chi connectivity index (χ0v) is 12.0. The molecule has 0 saturated carbocycles. The number of phenols is 1. The van der Waals surface area contributed by atoms with Gasteiger partial charge in [-0.3, -0.25) is 4.90 Å². The molecule has 0 amide bonds. The van der Waals surface area contributed by atoms with E-state index in [2.05, 4.69) is 10.1 Å². The average molecular weight is 272 g/mol. The highest BCUT2D eigenvalue weighted by atomic mass is 16.5. The molecule has 1 aliphatic heterocycles. The van der Waals surface area contributed by atoms with Gasteiger partial charge in [-0.05, 0) is 39.3 Å². The second kappa shape index (κ2) is 5.29. The van der Waals surface area contributed by atoms with E-state index >= 15 is 0 Å². The van der Waals surface area contributed by atoms with Gasteiger partial charge in [-0.2, -0.15) is 0 Å². The van der Waals surface area contributed by atoms with Crippen molar-refractivity contribution in [2.45, 2.75) is 39.3 Å². The lowest BCUT2D eigenvalue weighted by atomic mass is 10.0. The van der Waals surface area contributed by atoms with Crippen LogP contribution in [0.3, 0.4) is 0 Å². The molecular formula is C16H20N2O2. The Hall–Kier alpha value is -1.81. The van der Waals surface area contributed by atoms with Crippen LogP contribution < -0.4 is 0 Å². The second-order valence-corrected chi connectivity index (χ2v) is 5.50. The van der Waals surface area contributed by atoms with Crippen molar-refractivity contribution >= 4 is 0 Å². The number of likely N-dealkylation sites (tertiary alicyclic amines) is 1. The molecule has 0 unspecified atom stereocenters. The van der Waals surface area contributed by atoms with Crippen LogP contribution in [-0.4, -0.2) is 21.7 Å². The van der Waals surface area contributed by atoms with E-state index in [0.29, 0.717) is 11.8 Å². The van der Waals surface area contributed by atoms with Crippen LogP contribution in [0.15, 0.2) is 28.8 Å². The predicted octanol–water partition coefficient (Wildman–Crippen LogP) is 3.33.